The first kappa shape index (κ1) is 23.5. The van der Waals surface area contributed by atoms with E-state index in [2.05, 4.69) is 40.6 Å². The van der Waals surface area contributed by atoms with E-state index in [1.807, 2.05) is 24.3 Å². The molecule has 8 heteroatoms. The lowest BCUT2D eigenvalue weighted by molar-refractivity contribution is -0.120. The van der Waals surface area contributed by atoms with Crippen molar-refractivity contribution in [2.75, 3.05) is 18.0 Å². The van der Waals surface area contributed by atoms with Gasteiger partial charge < -0.3 is 10.2 Å². The van der Waals surface area contributed by atoms with Crippen molar-refractivity contribution in [1.82, 2.24) is 14.7 Å². The lowest BCUT2D eigenvalue weighted by Crippen LogP contribution is -2.35. The van der Waals surface area contributed by atoms with E-state index >= 15 is 0 Å². The second-order valence-electron chi connectivity index (χ2n) is 7.53. The zero-order valence-corrected chi connectivity index (χ0v) is 20.0. The molecule has 164 valence electrons. The predicted octanol–water partition coefficient (Wildman–Crippen LogP) is 5.40. The minimum Gasteiger partial charge on any atom is -0.356 e. The summed E-state index contributed by atoms with van der Waals surface area (Å²) in [6.07, 6.45) is 1.76. The summed E-state index contributed by atoms with van der Waals surface area (Å²) in [6.45, 7) is 5.31. The molecular weight excluding hydrogens is 451 g/mol. The van der Waals surface area contributed by atoms with Crippen molar-refractivity contribution in [2.45, 2.75) is 39.2 Å². The van der Waals surface area contributed by atoms with Crippen LogP contribution in [0.25, 0.3) is 0 Å². The largest absolute Gasteiger partial charge is 0.356 e. The van der Waals surface area contributed by atoms with Crippen molar-refractivity contribution < 1.29 is 4.79 Å². The number of rotatable bonds is 10. The van der Waals surface area contributed by atoms with Gasteiger partial charge in [-0.3, -0.25) is 4.79 Å². The van der Waals surface area contributed by atoms with Gasteiger partial charge >= 0.3 is 0 Å². The molecule has 5 nitrogen and oxygen atoms in total. The van der Waals surface area contributed by atoms with Gasteiger partial charge in [-0.1, -0.05) is 59.6 Å². The lowest BCUT2D eigenvalue weighted by atomic mass is 10.1. The Morgan fingerprint density at radius 3 is 2.65 bits per heavy atom. The maximum Gasteiger partial charge on any atom is 0.221 e. The fourth-order valence-corrected chi connectivity index (χ4v) is 4.51. The number of amides is 1. The quantitative estimate of drug-likeness (QED) is 0.425. The Bertz CT molecular complexity index is 994. The number of aromatic nitrogens is 2. The van der Waals surface area contributed by atoms with Crippen LogP contribution in [0.5, 0.6) is 0 Å². The van der Waals surface area contributed by atoms with Gasteiger partial charge in [-0.15, -0.1) is 0 Å². The third-order valence-corrected chi connectivity index (χ3v) is 6.22. The molecule has 1 aromatic heterocycles. The second-order valence-corrected chi connectivity index (χ2v) is 9.10. The summed E-state index contributed by atoms with van der Waals surface area (Å²) in [6, 6.07) is 15.8. The molecule has 0 aliphatic rings. The molecular formula is C23H26Cl2N4OS. The summed E-state index contributed by atoms with van der Waals surface area (Å²) >= 11 is 13.5. The number of hydrogen-bond acceptors (Lipinski definition) is 5. The molecule has 0 fully saturated rings. The third kappa shape index (κ3) is 7.20. The summed E-state index contributed by atoms with van der Waals surface area (Å²) in [5.74, 6) is 0.811. The van der Waals surface area contributed by atoms with Gasteiger partial charge in [0, 0.05) is 53.6 Å². The van der Waals surface area contributed by atoms with Crippen molar-refractivity contribution >= 4 is 45.8 Å². The van der Waals surface area contributed by atoms with E-state index in [1.54, 1.807) is 12.1 Å². The Kier molecular flexibility index (Phi) is 8.69. The number of hydrogen-bond donors (Lipinski definition) is 1. The zero-order chi connectivity index (χ0) is 22.2. The van der Waals surface area contributed by atoms with Crippen molar-refractivity contribution in [2.24, 2.45) is 0 Å². The van der Waals surface area contributed by atoms with Crippen LogP contribution < -0.4 is 10.2 Å². The van der Waals surface area contributed by atoms with Crippen molar-refractivity contribution in [3.63, 3.8) is 0 Å². The smallest absolute Gasteiger partial charge is 0.221 e. The molecule has 0 aliphatic carbocycles. The average Bonchev–Trinajstić information content (AvgIpc) is 3.18. The van der Waals surface area contributed by atoms with Crippen molar-refractivity contribution in [3.05, 3.63) is 75.5 Å². The van der Waals surface area contributed by atoms with Gasteiger partial charge in [-0.2, -0.15) is 4.37 Å². The average molecular weight is 477 g/mol. The van der Waals surface area contributed by atoms with Crippen LogP contribution in [-0.2, 0) is 17.6 Å². The number of nitrogens with one attached hydrogen (secondary N) is 1. The summed E-state index contributed by atoms with van der Waals surface area (Å²) in [7, 11) is 0. The molecule has 0 saturated carbocycles. The van der Waals surface area contributed by atoms with E-state index in [1.165, 1.54) is 17.1 Å². The van der Waals surface area contributed by atoms with Gasteiger partial charge in [0.05, 0.1) is 0 Å². The van der Waals surface area contributed by atoms with Gasteiger partial charge in [-0.05, 0) is 43.5 Å². The first-order chi connectivity index (χ1) is 14.9. The van der Waals surface area contributed by atoms with Crippen LogP contribution in [0.2, 0.25) is 10.0 Å². The maximum absolute atomic E-state index is 12.4. The summed E-state index contributed by atoms with van der Waals surface area (Å²) in [5.41, 5.74) is 2.15. The van der Waals surface area contributed by atoms with E-state index in [9.17, 15) is 4.79 Å². The topological polar surface area (TPSA) is 58.1 Å². The van der Waals surface area contributed by atoms with Crippen LogP contribution in [-0.4, -0.2) is 34.4 Å². The molecule has 0 saturated heterocycles. The maximum atomic E-state index is 12.4. The van der Waals surface area contributed by atoms with Crippen LogP contribution in [0.1, 0.15) is 37.2 Å². The minimum atomic E-state index is 0.00441. The molecule has 0 spiro atoms. The molecule has 3 aromatic rings. The molecule has 0 radical (unpaired) electrons. The Hall–Kier alpha value is -2.15. The second kappa shape index (κ2) is 11.5. The first-order valence-corrected chi connectivity index (χ1v) is 11.8. The van der Waals surface area contributed by atoms with Crippen LogP contribution in [0.4, 0.5) is 5.13 Å². The third-order valence-electron chi connectivity index (χ3n) is 4.84. The Morgan fingerprint density at radius 1 is 1.16 bits per heavy atom. The molecule has 1 amide bonds. The van der Waals surface area contributed by atoms with E-state index in [4.69, 9.17) is 28.2 Å². The van der Waals surface area contributed by atoms with E-state index in [-0.39, 0.29) is 11.9 Å². The zero-order valence-electron chi connectivity index (χ0n) is 17.6. The normalized spacial score (nSPS) is 11.0. The van der Waals surface area contributed by atoms with Gasteiger partial charge in [0.2, 0.25) is 11.0 Å². The minimum absolute atomic E-state index is 0.00441. The summed E-state index contributed by atoms with van der Waals surface area (Å²) < 4.78 is 4.51. The van der Waals surface area contributed by atoms with E-state index in [0.29, 0.717) is 42.4 Å². The SMILES string of the molecule is CC(C)N(CCC(=O)NCCc1ccc(Cl)cc1Cl)c1nc(Cc2ccccc2)ns1. The molecule has 0 atom stereocenters. The molecule has 0 unspecified atom stereocenters. The summed E-state index contributed by atoms with van der Waals surface area (Å²) in [5, 5.41) is 5.04. The molecule has 1 heterocycles. The number of anilines is 1. The Balaban J connectivity index is 1.49. The standard InChI is InChI=1S/C23H26Cl2N4OS/c1-16(2)29(23-27-21(28-31-23)14-17-6-4-3-5-7-17)13-11-22(30)26-12-10-18-8-9-19(24)15-20(18)25/h3-9,15-16H,10-14H2,1-2H3,(H,26,30). The van der Waals surface area contributed by atoms with Crippen LogP contribution in [0.3, 0.4) is 0 Å². The molecule has 0 aliphatic heterocycles. The van der Waals surface area contributed by atoms with E-state index in [0.717, 1.165) is 16.5 Å². The lowest BCUT2D eigenvalue weighted by Gasteiger charge is -2.25. The van der Waals surface area contributed by atoms with Gasteiger partial charge in [0.25, 0.3) is 0 Å². The number of nitrogens with zero attached hydrogens (tertiary/aromatic N) is 3. The molecule has 1 N–H and O–H groups in total. The van der Waals surface area contributed by atoms with Crippen molar-refractivity contribution in [1.29, 1.82) is 0 Å². The highest BCUT2D eigenvalue weighted by molar-refractivity contribution is 7.09. The number of benzene rings is 2. The number of carbonyl (C=O) groups excluding carboxylic acids is 1. The predicted molar refractivity (Wildman–Crippen MR) is 129 cm³/mol. The van der Waals surface area contributed by atoms with E-state index < -0.39 is 0 Å². The first-order valence-electron chi connectivity index (χ1n) is 10.3. The van der Waals surface area contributed by atoms with Crippen LogP contribution >= 0.6 is 34.7 Å². The highest BCUT2D eigenvalue weighted by Gasteiger charge is 2.17. The number of halogens is 2. The highest BCUT2D eigenvalue weighted by atomic mass is 35.5. The van der Waals surface area contributed by atoms with Gasteiger partial charge in [0.1, 0.15) is 5.82 Å². The highest BCUT2D eigenvalue weighted by Crippen LogP contribution is 2.22. The molecule has 2 aromatic carbocycles. The van der Waals surface area contributed by atoms with Crippen LogP contribution in [0.15, 0.2) is 48.5 Å². The Labute approximate surface area is 197 Å². The molecule has 31 heavy (non-hydrogen) atoms. The van der Waals surface area contributed by atoms with Crippen LogP contribution in [0, 0.1) is 0 Å². The van der Waals surface area contributed by atoms with Gasteiger partial charge in [0.15, 0.2) is 0 Å². The fraction of sp³-hybridized carbons (Fsp3) is 0.348. The monoisotopic (exact) mass is 476 g/mol. The Morgan fingerprint density at radius 2 is 1.94 bits per heavy atom. The molecule has 3 rings (SSSR count). The fourth-order valence-electron chi connectivity index (χ4n) is 3.16. The summed E-state index contributed by atoms with van der Waals surface area (Å²) in [4.78, 5) is 19.2. The van der Waals surface area contributed by atoms with Crippen molar-refractivity contribution in [3.8, 4) is 0 Å². The van der Waals surface area contributed by atoms with Gasteiger partial charge in [-0.25, -0.2) is 4.98 Å². The molecule has 0 bridgehead atoms. The number of carbonyl (C=O) groups is 1.